The van der Waals surface area contributed by atoms with Gasteiger partial charge in [0.2, 0.25) is 0 Å². The Morgan fingerprint density at radius 2 is 2.22 bits per heavy atom. The molecule has 7 nitrogen and oxygen atoms in total. The van der Waals surface area contributed by atoms with Crippen LogP contribution in [0.15, 0.2) is 12.3 Å². The van der Waals surface area contributed by atoms with E-state index < -0.39 is 11.9 Å². The first-order chi connectivity index (χ1) is 8.54. The molecule has 0 unspecified atom stereocenters. The third-order valence-corrected chi connectivity index (χ3v) is 2.36. The van der Waals surface area contributed by atoms with E-state index in [0.717, 1.165) is 0 Å². The van der Waals surface area contributed by atoms with E-state index >= 15 is 0 Å². The van der Waals surface area contributed by atoms with Gasteiger partial charge in [0.25, 0.3) is 0 Å². The molecular formula is C11H11N3O4. The molecule has 0 aromatic carbocycles. The molecule has 2 heterocycles. The van der Waals surface area contributed by atoms with E-state index in [0.29, 0.717) is 5.69 Å². The highest BCUT2D eigenvalue weighted by Gasteiger charge is 2.18. The number of hydrogen-bond acceptors (Lipinski definition) is 5. The summed E-state index contributed by atoms with van der Waals surface area (Å²) in [6, 6.07) is 1.39. The van der Waals surface area contributed by atoms with E-state index in [1.54, 1.807) is 13.8 Å². The summed E-state index contributed by atoms with van der Waals surface area (Å²) >= 11 is 0. The lowest BCUT2D eigenvalue weighted by atomic mass is 10.3. The second-order valence-electron chi connectivity index (χ2n) is 3.60. The van der Waals surface area contributed by atoms with Crippen molar-refractivity contribution in [2.75, 3.05) is 6.61 Å². The Balaban J connectivity index is 2.63. The molecule has 0 bridgehead atoms. The minimum atomic E-state index is -1.16. The molecule has 0 fully saturated rings. The molecule has 1 N–H and O–H groups in total. The summed E-state index contributed by atoms with van der Waals surface area (Å²) in [6.07, 6.45) is 1.32. The Kier molecular flexibility index (Phi) is 2.97. The number of fused-ring (bicyclic) bond motifs is 1. The van der Waals surface area contributed by atoms with Crippen LogP contribution in [-0.2, 0) is 4.74 Å². The molecule has 18 heavy (non-hydrogen) atoms. The van der Waals surface area contributed by atoms with E-state index in [9.17, 15) is 9.59 Å². The van der Waals surface area contributed by atoms with Crippen molar-refractivity contribution < 1.29 is 19.4 Å². The lowest BCUT2D eigenvalue weighted by Crippen LogP contribution is -2.09. The molecule has 0 saturated carbocycles. The molecule has 0 aliphatic carbocycles. The van der Waals surface area contributed by atoms with Crippen LogP contribution in [-0.4, -0.2) is 38.3 Å². The normalized spacial score (nSPS) is 10.6. The van der Waals surface area contributed by atoms with Crippen LogP contribution in [0.1, 0.15) is 33.5 Å². The van der Waals surface area contributed by atoms with Crippen molar-refractivity contribution in [3.8, 4) is 0 Å². The molecule has 2 aromatic rings. The van der Waals surface area contributed by atoms with E-state index in [4.69, 9.17) is 9.84 Å². The van der Waals surface area contributed by atoms with Gasteiger partial charge < -0.3 is 9.84 Å². The predicted molar refractivity (Wildman–Crippen MR) is 60.6 cm³/mol. The van der Waals surface area contributed by atoms with Gasteiger partial charge in [-0.25, -0.2) is 19.1 Å². The number of aryl methyl sites for hydroxylation is 1. The van der Waals surface area contributed by atoms with Gasteiger partial charge in [-0.1, -0.05) is 0 Å². The number of esters is 1. The number of aromatic carboxylic acids is 1. The lowest BCUT2D eigenvalue weighted by Gasteiger charge is -2.02. The fraction of sp³-hybridized carbons (Fsp3) is 0.273. The largest absolute Gasteiger partial charge is 0.477 e. The molecule has 0 saturated heterocycles. The molecule has 2 aromatic heterocycles. The monoisotopic (exact) mass is 249 g/mol. The maximum atomic E-state index is 11.6. The summed E-state index contributed by atoms with van der Waals surface area (Å²) in [5.74, 6) is -1.72. The molecule has 0 spiro atoms. The molecule has 0 atom stereocenters. The number of carbonyl (C=O) groups is 2. The van der Waals surface area contributed by atoms with Crippen LogP contribution in [0.5, 0.6) is 0 Å². The van der Waals surface area contributed by atoms with E-state index in [2.05, 4.69) is 10.1 Å². The first kappa shape index (κ1) is 12.0. The third-order valence-electron chi connectivity index (χ3n) is 2.36. The van der Waals surface area contributed by atoms with Crippen LogP contribution >= 0.6 is 0 Å². The molecule has 2 rings (SSSR count). The van der Waals surface area contributed by atoms with Crippen molar-refractivity contribution in [1.82, 2.24) is 14.6 Å². The van der Waals surface area contributed by atoms with Crippen molar-refractivity contribution in [2.45, 2.75) is 13.8 Å². The number of carboxylic acid groups (broad SMARTS) is 1. The summed E-state index contributed by atoms with van der Waals surface area (Å²) < 4.78 is 6.26. The standard InChI is InChI=1S/C11H11N3O4/c1-3-18-11(17)7-5-12-14-6(2)4-8(10(15)16)13-9(7)14/h4-5H,3H2,1-2H3,(H,15,16). The van der Waals surface area contributed by atoms with Crippen molar-refractivity contribution >= 4 is 17.6 Å². The minimum Gasteiger partial charge on any atom is -0.477 e. The van der Waals surface area contributed by atoms with Crippen LogP contribution in [0.3, 0.4) is 0 Å². The van der Waals surface area contributed by atoms with Gasteiger partial charge in [-0.2, -0.15) is 5.10 Å². The average Bonchev–Trinajstić information content (AvgIpc) is 2.73. The zero-order valence-electron chi connectivity index (χ0n) is 9.88. The highest BCUT2D eigenvalue weighted by Crippen LogP contribution is 2.13. The van der Waals surface area contributed by atoms with Crippen LogP contribution < -0.4 is 0 Å². The molecule has 0 radical (unpaired) electrons. The quantitative estimate of drug-likeness (QED) is 0.812. The zero-order valence-corrected chi connectivity index (χ0v) is 9.88. The molecular weight excluding hydrogens is 238 g/mol. The van der Waals surface area contributed by atoms with Crippen LogP contribution in [0.4, 0.5) is 0 Å². The Bertz CT molecular complexity index is 632. The van der Waals surface area contributed by atoms with E-state index in [1.165, 1.54) is 16.8 Å². The number of ether oxygens (including phenoxy) is 1. The lowest BCUT2D eigenvalue weighted by molar-refractivity contribution is 0.0527. The van der Waals surface area contributed by atoms with Gasteiger partial charge in [0.05, 0.1) is 12.8 Å². The van der Waals surface area contributed by atoms with Crippen LogP contribution in [0.2, 0.25) is 0 Å². The van der Waals surface area contributed by atoms with Gasteiger partial charge in [0, 0.05) is 5.69 Å². The highest BCUT2D eigenvalue weighted by atomic mass is 16.5. The van der Waals surface area contributed by atoms with Gasteiger partial charge in [-0.05, 0) is 19.9 Å². The second kappa shape index (κ2) is 4.44. The summed E-state index contributed by atoms with van der Waals surface area (Å²) in [7, 11) is 0. The van der Waals surface area contributed by atoms with Crippen molar-refractivity contribution in [3.63, 3.8) is 0 Å². The summed E-state index contributed by atoms with van der Waals surface area (Å²) in [4.78, 5) is 26.5. The summed E-state index contributed by atoms with van der Waals surface area (Å²) in [5.41, 5.74) is 0.785. The molecule has 94 valence electrons. The predicted octanol–water partition coefficient (Wildman–Crippen LogP) is 0.913. The summed E-state index contributed by atoms with van der Waals surface area (Å²) in [6.45, 7) is 3.60. The minimum absolute atomic E-state index is 0.133. The van der Waals surface area contributed by atoms with Crippen LogP contribution in [0, 0.1) is 6.92 Å². The third kappa shape index (κ3) is 1.90. The summed E-state index contributed by atoms with van der Waals surface area (Å²) in [5, 5.41) is 12.9. The number of carboxylic acids is 1. The molecule has 0 aliphatic heterocycles. The first-order valence-corrected chi connectivity index (χ1v) is 5.30. The van der Waals surface area contributed by atoms with Crippen molar-refractivity contribution in [1.29, 1.82) is 0 Å². The number of carbonyl (C=O) groups excluding carboxylic acids is 1. The smallest absolute Gasteiger partial charge is 0.354 e. The number of aromatic nitrogens is 3. The zero-order chi connectivity index (χ0) is 13.3. The topological polar surface area (TPSA) is 93.8 Å². The van der Waals surface area contributed by atoms with Gasteiger partial charge in [-0.15, -0.1) is 0 Å². The second-order valence-corrected chi connectivity index (χ2v) is 3.60. The van der Waals surface area contributed by atoms with E-state index in [1.807, 2.05) is 0 Å². The Labute approximate surface area is 102 Å². The van der Waals surface area contributed by atoms with Crippen molar-refractivity contribution in [3.05, 3.63) is 29.2 Å². The Morgan fingerprint density at radius 3 is 2.83 bits per heavy atom. The maximum Gasteiger partial charge on any atom is 0.354 e. The molecule has 0 amide bonds. The first-order valence-electron chi connectivity index (χ1n) is 5.30. The number of rotatable bonds is 3. The SMILES string of the molecule is CCOC(=O)c1cnn2c(C)cc(C(=O)O)nc12. The fourth-order valence-corrected chi connectivity index (χ4v) is 1.58. The maximum absolute atomic E-state index is 11.6. The number of nitrogens with zero attached hydrogens (tertiary/aromatic N) is 3. The molecule has 0 aliphatic rings. The Morgan fingerprint density at radius 1 is 1.50 bits per heavy atom. The fourth-order valence-electron chi connectivity index (χ4n) is 1.58. The van der Waals surface area contributed by atoms with Gasteiger partial charge in [0.1, 0.15) is 5.56 Å². The average molecular weight is 249 g/mol. The van der Waals surface area contributed by atoms with Gasteiger partial charge in [0.15, 0.2) is 11.3 Å². The Hall–Kier alpha value is -2.44. The molecule has 7 heteroatoms. The van der Waals surface area contributed by atoms with Gasteiger partial charge in [-0.3, -0.25) is 0 Å². The number of hydrogen-bond donors (Lipinski definition) is 1. The highest BCUT2D eigenvalue weighted by molar-refractivity contribution is 5.96. The van der Waals surface area contributed by atoms with Gasteiger partial charge >= 0.3 is 11.9 Å². The van der Waals surface area contributed by atoms with Crippen LogP contribution in [0.25, 0.3) is 5.65 Å². The van der Waals surface area contributed by atoms with E-state index in [-0.39, 0.29) is 23.5 Å². The van der Waals surface area contributed by atoms with Crippen molar-refractivity contribution in [2.24, 2.45) is 0 Å².